The van der Waals surface area contributed by atoms with Gasteiger partial charge in [0, 0.05) is 12.6 Å². The first kappa shape index (κ1) is 13.8. The molecule has 0 radical (unpaired) electrons. The maximum atomic E-state index is 5.77. The second-order valence-electron chi connectivity index (χ2n) is 5.61. The summed E-state index contributed by atoms with van der Waals surface area (Å²) >= 11 is 5.33. The van der Waals surface area contributed by atoms with E-state index in [0.717, 1.165) is 11.1 Å². The van der Waals surface area contributed by atoms with E-state index in [2.05, 4.69) is 32.9 Å². The highest BCUT2D eigenvalue weighted by Crippen LogP contribution is 2.22. The van der Waals surface area contributed by atoms with Gasteiger partial charge in [-0.25, -0.2) is 0 Å². The van der Waals surface area contributed by atoms with Gasteiger partial charge in [0.25, 0.3) is 5.17 Å². The molecule has 0 amide bonds. The molecule has 2 aromatic rings. The Morgan fingerprint density at radius 3 is 2.32 bits per heavy atom. The van der Waals surface area contributed by atoms with Crippen LogP contribution in [0.25, 0.3) is 10.8 Å². The molecule has 0 bridgehead atoms. The van der Waals surface area contributed by atoms with Crippen LogP contribution in [0.2, 0.25) is 0 Å². The van der Waals surface area contributed by atoms with Crippen LogP contribution in [0.5, 0.6) is 5.75 Å². The van der Waals surface area contributed by atoms with Crippen molar-refractivity contribution >= 4 is 28.2 Å². The van der Waals surface area contributed by atoms with E-state index in [1.807, 2.05) is 42.3 Å². The number of hydrogen-bond acceptors (Lipinski definition) is 2. The molecule has 100 valence electrons. The summed E-state index contributed by atoms with van der Waals surface area (Å²) < 4.78 is 5.77. The molecule has 0 aliphatic heterocycles. The number of fused-ring (bicyclic) bond motifs is 1. The molecule has 0 saturated heterocycles. The van der Waals surface area contributed by atoms with Crippen LogP contribution in [0.15, 0.2) is 42.5 Å². The van der Waals surface area contributed by atoms with Gasteiger partial charge >= 0.3 is 0 Å². The maximum absolute atomic E-state index is 5.77. The SMILES string of the molecule is CN(C(=S)Oc1ccc2ccccc2c1)C(C)(C)C. The fourth-order valence-electron chi connectivity index (χ4n) is 1.67. The average molecular weight is 273 g/mol. The highest BCUT2D eigenvalue weighted by atomic mass is 32.1. The van der Waals surface area contributed by atoms with Crippen LogP contribution in [0.1, 0.15) is 20.8 Å². The molecule has 2 nitrogen and oxygen atoms in total. The van der Waals surface area contributed by atoms with Crippen molar-refractivity contribution in [1.82, 2.24) is 4.90 Å². The minimum Gasteiger partial charge on any atom is -0.432 e. The van der Waals surface area contributed by atoms with Gasteiger partial charge < -0.3 is 9.64 Å². The molecule has 19 heavy (non-hydrogen) atoms. The third kappa shape index (κ3) is 3.24. The van der Waals surface area contributed by atoms with E-state index in [4.69, 9.17) is 17.0 Å². The molecular weight excluding hydrogens is 254 g/mol. The van der Waals surface area contributed by atoms with Gasteiger partial charge in [-0.3, -0.25) is 0 Å². The molecule has 0 N–H and O–H groups in total. The highest BCUT2D eigenvalue weighted by molar-refractivity contribution is 7.80. The van der Waals surface area contributed by atoms with Crippen molar-refractivity contribution in [2.45, 2.75) is 26.3 Å². The molecule has 0 aliphatic rings. The summed E-state index contributed by atoms with van der Waals surface area (Å²) in [5, 5.41) is 2.84. The van der Waals surface area contributed by atoms with E-state index in [9.17, 15) is 0 Å². The third-order valence-electron chi connectivity index (χ3n) is 3.21. The van der Waals surface area contributed by atoms with Gasteiger partial charge in [0.2, 0.25) is 0 Å². The molecule has 0 unspecified atom stereocenters. The Bertz CT molecular complexity index is 601. The van der Waals surface area contributed by atoms with Gasteiger partial charge in [-0.1, -0.05) is 30.3 Å². The Kier molecular flexibility index (Phi) is 3.76. The Balaban J connectivity index is 2.20. The van der Waals surface area contributed by atoms with Gasteiger partial charge in [-0.2, -0.15) is 0 Å². The molecule has 2 rings (SSSR count). The number of nitrogens with zero attached hydrogens (tertiary/aromatic N) is 1. The van der Waals surface area contributed by atoms with Gasteiger partial charge in [0.15, 0.2) is 0 Å². The minimum atomic E-state index is -0.0477. The van der Waals surface area contributed by atoms with E-state index in [1.54, 1.807) is 0 Å². The fourth-order valence-corrected chi connectivity index (χ4v) is 2.04. The molecule has 0 fully saturated rings. The summed E-state index contributed by atoms with van der Waals surface area (Å²) in [6.07, 6.45) is 0. The largest absolute Gasteiger partial charge is 0.432 e. The summed E-state index contributed by atoms with van der Waals surface area (Å²) in [6, 6.07) is 14.2. The van der Waals surface area contributed by atoms with Crippen molar-refractivity contribution in [3.8, 4) is 5.75 Å². The normalized spacial score (nSPS) is 11.4. The molecule has 0 spiro atoms. The lowest BCUT2D eigenvalue weighted by Crippen LogP contribution is -2.43. The summed E-state index contributed by atoms with van der Waals surface area (Å²) in [4.78, 5) is 1.96. The van der Waals surface area contributed by atoms with Crippen molar-refractivity contribution < 1.29 is 4.74 Å². The van der Waals surface area contributed by atoms with E-state index >= 15 is 0 Å². The molecule has 2 aromatic carbocycles. The molecule has 3 heteroatoms. The zero-order chi connectivity index (χ0) is 14.0. The van der Waals surface area contributed by atoms with Crippen LogP contribution < -0.4 is 4.74 Å². The molecule has 0 aromatic heterocycles. The lowest BCUT2D eigenvalue weighted by molar-refractivity contribution is 0.249. The smallest absolute Gasteiger partial charge is 0.265 e. The second kappa shape index (κ2) is 5.17. The van der Waals surface area contributed by atoms with Gasteiger partial charge in [0.05, 0.1) is 0 Å². The van der Waals surface area contributed by atoms with Crippen LogP contribution in [0, 0.1) is 0 Å². The Morgan fingerprint density at radius 1 is 1.05 bits per heavy atom. The molecule has 0 aliphatic carbocycles. The maximum Gasteiger partial charge on any atom is 0.265 e. The number of benzene rings is 2. The van der Waals surface area contributed by atoms with Crippen LogP contribution in [0.3, 0.4) is 0 Å². The second-order valence-corrected chi connectivity index (χ2v) is 5.96. The van der Waals surface area contributed by atoms with Gasteiger partial charge in [-0.15, -0.1) is 0 Å². The average Bonchev–Trinajstić information content (AvgIpc) is 2.36. The topological polar surface area (TPSA) is 12.5 Å². The first-order valence-corrected chi connectivity index (χ1v) is 6.73. The number of rotatable bonds is 1. The molecule has 0 heterocycles. The predicted octanol–water partition coefficient (Wildman–Crippen LogP) is 4.23. The Labute approximate surface area is 120 Å². The predicted molar refractivity (Wildman–Crippen MR) is 84.7 cm³/mol. The monoisotopic (exact) mass is 273 g/mol. The summed E-state index contributed by atoms with van der Waals surface area (Å²) in [6.45, 7) is 6.30. The highest BCUT2D eigenvalue weighted by Gasteiger charge is 2.21. The van der Waals surface area contributed by atoms with Crippen molar-refractivity contribution in [1.29, 1.82) is 0 Å². The number of thiocarbonyl (C=S) groups is 1. The fraction of sp³-hybridized carbons (Fsp3) is 0.312. The number of hydrogen-bond donors (Lipinski definition) is 0. The molecule has 0 saturated carbocycles. The summed E-state index contributed by atoms with van der Waals surface area (Å²) in [7, 11) is 1.95. The lowest BCUT2D eigenvalue weighted by Gasteiger charge is -2.33. The molecule has 0 atom stereocenters. The minimum absolute atomic E-state index is 0.0477. The van der Waals surface area contributed by atoms with Crippen molar-refractivity contribution in [2.75, 3.05) is 7.05 Å². The number of ether oxygens (including phenoxy) is 1. The quantitative estimate of drug-likeness (QED) is 0.721. The zero-order valence-corrected chi connectivity index (χ0v) is 12.6. The van der Waals surface area contributed by atoms with Gasteiger partial charge in [0.1, 0.15) is 5.75 Å². The van der Waals surface area contributed by atoms with Crippen molar-refractivity contribution in [2.24, 2.45) is 0 Å². The molecular formula is C16H19NOS. The third-order valence-corrected chi connectivity index (χ3v) is 3.56. The van der Waals surface area contributed by atoms with Crippen molar-refractivity contribution in [3.63, 3.8) is 0 Å². The van der Waals surface area contributed by atoms with E-state index in [-0.39, 0.29) is 5.54 Å². The Hall–Kier alpha value is -1.61. The standard InChI is InChI=1S/C16H19NOS/c1-16(2,3)17(4)15(19)18-14-10-9-12-7-5-6-8-13(12)11-14/h5-11H,1-4H3. The van der Waals surface area contributed by atoms with E-state index < -0.39 is 0 Å². The van der Waals surface area contributed by atoms with Gasteiger partial charge in [-0.05, 0) is 55.9 Å². The van der Waals surface area contributed by atoms with Crippen molar-refractivity contribution in [3.05, 3.63) is 42.5 Å². The zero-order valence-electron chi connectivity index (χ0n) is 11.8. The van der Waals surface area contributed by atoms with Crippen LogP contribution in [0.4, 0.5) is 0 Å². The summed E-state index contributed by atoms with van der Waals surface area (Å²) in [5.74, 6) is 0.778. The van der Waals surface area contributed by atoms with Crippen LogP contribution >= 0.6 is 12.2 Å². The van der Waals surface area contributed by atoms with E-state index in [0.29, 0.717) is 5.17 Å². The van der Waals surface area contributed by atoms with E-state index in [1.165, 1.54) is 5.39 Å². The van der Waals surface area contributed by atoms with Crippen LogP contribution in [-0.2, 0) is 0 Å². The first-order chi connectivity index (χ1) is 8.88. The summed E-state index contributed by atoms with van der Waals surface area (Å²) in [5.41, 5.74) is -0.0477. The first-order valence-electron chi connectivity index (χ1n) is 6.32. The lowest BCUT2D eigenvalue weighted by atomic mass is 10.1. The Morgan fingerprint density at radius 2 is 1.68 bits per heavy atom. The van der Waals surface area contributed by atoms with Crippen LogP contribution in [-0.4, -0.2) is 22.7 Å².